The molecule has 2 aliphatic heterocycles. The van der Waals surface area contributed by atoms with Gasteiger partial charge in [0.1, 0.15) is 0 Å². The third-order valence-electron chi connectivity index (χ3n) is 4.30. The predicted molar refractivity (Wildman–Crippen MR) is 73.9 cm³/mol. The average Bonchev–Trinajstić information content (AvgIpc) is 2.40. The molecule has 2 unspecified atom stereocenters. The topological polar surface area (TPSA) is 15.3 Å². The molecule has 1 aliphatic carbocycles. The van der Waals surface area contributed by atoms with Crippen LogP contribution in [0.2, 0.25) is 0 Å². The van der Waals surface area contributed by atoms with Crippen LogP contribution in [0.5, 0.6) is 0 Å². The summed E-state index contributed by atoms with van der Waals surface area (Å²) in [6.45, 7) is 4.24. The molecule has 0 radical (unpaired) electrons. The van der Waals surface area contributed by atoms with Gasteiger partial charge in [0.15, 0.2) is 0 Å². The summed E-state index contributed by atoms with van der Waals surface area (Å²) in [6, 6.07) is 11.4. The third kappa shape index (κ3) is 2.29. The van der Waals surface area contributed by atoms with Gasteiger partial charge >= 0.3 is 0 Å². The fraction of sp³-hybridized carbons (Fsp3) is 0.500. The summed E-state index contributed by atoms with van der Waals surface area (Å²) in [5.41, 5.74) is 1.42. The molecule has 2 heteroatoms. The first-order valence-electron chi connectivity index (χ1n) is 6.80. The van der Waals surface area contributed by atoms with Crippen molar-refractivity contribution in [2.24, 2.45) is 11.8 Å². The van der Waals surface area contributed by atoms with Crippen LogP contribution in [0.1, 0.15) is 12.0 Å². The number of benzene rings is 1. The van der Waals surface area contributed by atoms with Crippen LogP contribution in [0.15, 0.2) is 30.3 Å². The number of terminal acetylenes is 1. The monoisotopic (exact) mass is 240 g/mol. The summed E-state index contributed by atoms with van der Waals surface area (Å²) < 4.78 is 0. The average molecular weight is 240 g/mol. The van der Waals surface area contributed by atoms with E-state index >= 15 is 0 Å². The van der Waals surface area contributed by atoms with Crippen LogP contribution in [-0.4, -0.2) is 30.6 Å². The summed E-state index contributed by atoms with van der Waals surface area (Å²) in [5, 5.41) is 3.49. The van der Waals surface area contributed by atoms with Crippen LogP contribution in [0.4, 0.5) is 0 Å². The van der Waals surface area contributed by atoms with Crippen molar-refractivity contribution in [2.75, 3.05) is 19.6 Å². The van der Waals surface area contributed by atoms with E-state index in [1.165, 1.54) is 25.1 Å². The van der Waals surface area contributed by atoms with E-state index in [-0.39, 0.29) is 0 Å². The minimum atomic E-state index is 0.674. The highest BCUT2D eigenvalue weighted by atomic mass is 15.2. The summed E-state index contributed by atoms with van der Waals surface area (Å²) >= 11 is 0. The van der Waals surface area contributed by atoms with Gasteiger partial charge in [-0.2, -0.15) is 0 Å². The van der Waals surface area contributed by atoms with Gasteiger partial charge in [0, 0.05) is 25.7 Å². The number of hydrogen-bond donors (Lipinski definition) is 1. The van der Waals surface area contributed by atoms with Crippen LogP contribution in [0.25, 0.3) is 0 Å². The van der Waals surface area contributed by atoms with Crippen molar-refractivity contribution in [1.82, 2.24) is 10.2 Å². The molecule has 1 N–H and O–H groups in total. The Bertz CT molecular complexity index is 422. The Morgan fingerprint density at radius 1 is 1.22 bits per heavy atom. The van der Waals surface area contributed by atoms with E-state index in [0.29, 0.717) is 6.04 Å². The quantitative estimate of drug-likeness (QED) is 0.806. The van der Waals surface area contributed by atoms with Crippen molar-refractivity contribution in [3.8, 4) is 12.3 Å². The van der Waals surface area contributed by atoms with Crippen LogP contribution in [0, 0.1) is 24.2 Å². The maximum absolute atomic E-state index is 5.31. The molecule has 0 spiro atoms. The molecule has 3 aliphatic rings. The molecule has 0 amide bonds. The molecule has 2 bridgehead atoms. The maximum atomic E-state index is 5.31. The SMILES string of the molecule is C#CCNC1C2CC1CN(Cc1ccccc1)C2. The van der Waals surface area contributed by atoms with E-state index in [9.17, 15) is 0 Å². The number of rotatable bonds is 4. The molecule has 1 saturated carbocycles. The van der Waals surface area contributed by atoms with Gasteiger partial charge in [-0.3, -0.25) is 4.90 Å². The van der Waals surface area contributed by atoms with Crippen LogP contribution >= 0.6 is 0 Å². The molecule has 2 saturated heterocycles. The Morgan fingerprint density at radius 3 is 2.61 bits per heavy atom. The van der Waals surface area contributed by atoms with Gasteiger partial charge < -0.3 is 5.32 Å². The molecule has 4 rings (SSSR count). The largest absolute Gasteiger partial charge is 0.303 e. The normalized spacial score (nSPS) is 30.5. The summed E-state index contributed by atoms with van der Waals surface area (Å²) in [5.74, 6) is 4.30. The molecule has 18 heavy (non-hydrogen) atoms. The minimum Gasteiger partial charge on any atom is -0.303 e. The zero-order valence-electron chi connectivity index (χ0n) is 10.7. The predicted octanol–water partition coefficient (Wildman–Crippen LogP) is 1.73. The highest BCUT2D eigenvalue weighted by Crippen LogP contribution is 2.40. The Balaban J connectivity index is 1.53. The Labute approximate surface area is 109 Å². The molecule has 2 nitrogen and oxygen atoms in total. The maximum Gasteiger partial charge on any atom is 0.0576 e. The Morgan fingerprint density at radius 2 is 1.94 bits per heavy atom. The van der Waals surface area contributed by atoms with Crippen molar-refractivity contribution < 1.29 is 0 Å². The van der Waals surface area contributed by atoms with E-state index in [0.717, 1.165) is 24.9 Å². The third-order valence-corrected chi connectivity index (χ3v) is 4.30. The lowest BCUT2D eigenvalue weighted by molar-refractivity contribution is -0.0167. The molecular weight excluding hydrogens is 220 g/mol. The van der Waals surface area contributed by atoms with E-state index in [4.69, 9.17) is 6.42 Å². The fourth-order valence-corrected chi connectivity index (χ4v) is 3.47. The van der Waals surface area contributed by atoms with E-state index in [2.05, 4.69) is 46.5 Å². The first kappa shape index (κ1) is 11.8. The van der Waals surface area contributed by atoms with Crippen LogP contribution < -0.4 is 5.32 Å². The zero-order chi connectivity index (χ0) is 12.4. The second-order valence-corrected chi connectivity index (χ2v) is 5.55. The zero-order valence-corrected chi connectivity index (χ0v) is 10.7. The van der Waals surface area contributed by atoms with Crippen molar-refractivity contribution >= 4 is 0 Å². The smallest absolute Gasteiger partial charge is 0.0576 e. The van der Waals surface area contributed by atoms with E-state index in [1.807, 2.05) is 0 Å². The standard InChI is InChI=1S/C16H20N2/c1-2-8-17-16-14-9-15(16)12-18(11-14)10-13-6-4-3-5-7-13/h1,3-7,14-17H,8-12H2. The molecule has 94 valence electrons. The van der Waals surface area contributed by atoms with Gasteiger partial charge in [-0.15, -0.1) is 6.42 Å². The lowest BCUT2D eigenvalue weighted by Crippen LogP contribution is -2.63. The second kappa shape index (κ2) is 5.14. The Hall–Kier alpha value is -1.30. The van der Waals surface area contributed by atoms with Crippen LogP contribution in [0.3, 0.4) is 0 Å². The van der Waals surface area contributed by atoms with Crippen LogP contribution in [-0.2, 0) is 6.54 Å². The summed E-state index contributed by atoms with van der Waals surface area (Å²) in [4.78, 5) is 2.59. The molecule has 1 aromatic carbocycles. The lowest BCUT2D eigenvalue weighted by atomic mass is 9.66. The van der Waals surface area contributed by atoms with E-state index in [1.54, 1.807) is 0 Å². The number of hydrogen-bond acceptors (Lipinski definition) is 2. The number of nitrogens with zero attached hydrogens (tertiary/aromatic N) is 1. The number of nitrogens with one attached hydrogen (secondary N) is 1. The summed E-state index contributed by atoms with van der Waals surface area (Å²) in [6.07, 6.45) is 6.69. The summed E-state index contributed by atoms with van der Waals surface area (Å²) in [7, 11) is 0. The molecule has 3 fully saturated rings. The molecule has 2 atom stereocenters. The van der Waals surface area contributed by atoms with Gasteiger partial charge in [-0.05, 0) is 23.8 Å². The second-order valence-electron chi connectivity index (χ2n) is 5.55. The van der Waals surface area contributed by atoms with E-state index < -0.39 is 0 Å². The number of piperidine rings is 2. The molecule has 2 heterocycles. The molecular formula is C16H20N2. The fourth-order valence-electron chi connectivity index (χ4n) is 3.47. The first-order valence-corrected chi connectivity index (χ1v) is 6.80. The van der Waals surface area contributed by atoms with Crippen molar-refractivity contribution in [2.45, 2.75) is 19.0 Å². The van der Waals surface area contributed by atoms with Crippen molar-refractivity contribution in [3.05, 3.63) is 35.9 Å². The van der Waals surface area contributed by atoms with Crippen molar-refractivity contribution in [3.63, 3.8) is 0 Å². The first-order chi connectivity index (χ1) is 8.86. The molecule has 1 aromatic rings. The van der Waals surface area contributed by atoms with Gasteiger partial charge in [0.25, 0.3) is 0 Å². The Kier molecular flexibility index (Phi) is 3.36. The van der Waals surface area contributed by atoms with Crippen molar-refractivity contribution in [1.29, 1.82) is 0 Å². The van der Waals surface area contributed by atoms with Gasteiger partial charge in [-0.1, -0.05) is 36.3 Å². The number of fused-ring (bicyclic) bond motifs is 2. The lowest BCUT2D eigenvalue weighted by Gasteiger charge is -2.54. The highest BCUT2D eigenvalue weighted by molar-refractivity contribution is 5.15. The van der Waals surface area contributed by atoms with Gasteiger partial charge in [0.05, 0.1) is 6.54 Å². The minimum absolute atomic E-state index is 0.674. The molecule has 0 aromatic heterocycles. The van der Waals surface area contributed by atoms with Gasteiger partial charge in [-0.25, -0.2) is 0 Å². The highest BCUT2D eigenvalue weighted by Gasteiger charge is 2.45. The van der Waals surface area contributed by atoms with Gasteiger partial charge in [0.2, 0.25) is 0 Å².